The summed E-state index contributed by atoms with van der Waals surface area (Å²) in [5, 5.41) is 19.3. The van der Waals surface area contributed by atoms with E-state index in [1.807, 2.05) is 18.2 Å². The van der Waals surface area contributed by atoms with Crippen molar-refractivity contribution >= 4 is 49.4 Å². The lowest BCUT2D eigenvalue weighted by Gasteiger charge is -2.34. The topological polar surface area (TPSA) is 159 Å². The van der Waals surface area contributed by atoms with E-state index in [2.05, 4.69) is 41.4 Å². The number of oxime groups is 1. The Balaban J connectivity index is 1.26. The third kappa shape index (κ3) is 6.84. The van der Waals surface area contributed by atoms with Gasteiger partial charge in [-0.05, 0) is 71.8 Å². The maximum Gasteiger partial charge on any atom is 0.323 e. The van der Waals surface area contributed by atoms with E-state index in [1.54, 1.807) is 12.3 Å². The number of nitrogens with zero attached hydrogens (tertiary/aromatic N) is 2. The van der Waals surface area contributed by atoms with Gasteiger partial charge in [-0.1, -0.05) is 23.4 Å². The van der Waals surface area contributed by atoms with Gasteiger partial charge in [-0.15, -0.1) is 0 Å². The van der Waals surface area contributed by atoms with Crippen LogP contribution in [0.5, 0.6) is 0 Å². The Morgan fingerprint density at radius 2 is 1.89 bits per heavy atom. The standard InChI is InChI=1S/C24H28BrN5O6S/c25-17-5-1-2-6-20(17)37(34,35)30-19(23(32)33)15-28-22(31)18-13-24(36-29-18)10-8-16(9-11-24)14-27-21-7-3-4-12-26-21/h1-7,12,16,19,30H,8-11,13-15H2,(H,26,27)(H,28,31)(H,32,33)/t16?,19-,24?/m0/s1. The third-order valence-electron chi connectivity index (χ3n) is 6.54. The van der Waals surface area contributed by atoms with Crippen LogP contribution < -0.4 is 15.4 Å². The number of sulfonamides is 1. The quantitative estimate of drug-likeness (QED) is 0.327. The lowest BCUT2D eigenvalue weighted by atomic mass is 9.76. The Kier molecular flexibility index (Phi) is 8.45. The van der Waals surface area contributed by atoms with Crippen LogP contribution in [0.1, 0.15) is 32.1 Å². The van der Waals surface area contributed by atoms with Gasteiger partial charge in [0.25, 0.3) is 5.91 Å². The maximum absolute atomic E-state index is 12.7. The summed E-state index contributed by atoms with van der Waals surface area (Å²) >= 11 is 3.15. The number of carbonyl (C=O) groups is 2. The van der Waals surface area contributed by atoms with Gasteiger partial charge in [0.2, 0.25) is 10.0 Å². The second kappa shape index (κ2) is 11.6. The molecule has 0 bridgehead atoms. The molecule has 1 aromatic heterocycles. The van der Waals surface area contributed by atoms with E-state index in [0.717, 1.165) is 38.0 Å². The van der Waals surface area contributed by atoms with E-state index in [-0.39, 0.29) is 10.6 Å². The van der Waals surface area contributed by atoms with Gasteiger partial charge < -0.3 is 20.6 Å². The van der Waals surface area contributed by atoms with Crippen molar-refractivity contribution in [2.75, 3.05) is 18.4 Å². The van der Waals surface area contributed by atoms with Crippen molar-refractivity contribution in [2.45, 2.75) is 48.6 Å². The van der Waals surface area contributed by atoms with Gasteiger partial charge in [-0.2, -0.15) is 4.72 Å². The molecule has 1 atom stereocenters. The molecule has 1 aliphatic carbocycles. The van der Waals surface area contributed by atoms with E-state index < -0.39 is 40.1 Å². The minimum atomic E-state index is -4.15. The highest BCUT2D eigenvalue weighted by atomic mass is 79.9. The molecule has 1 saturated carbocycles. The lowest BCUT2D eigenvalue weighted by Crippen LogP contribution is -2.49. The van der Waals surface area contributed by atoms with Crippen molar-refractivity contribution in [3.05, 3.63) is 53.1 Å². The number of rotatable bonds is 10. The molecule has 0 unspecified atom stereocenters. The Morgan fingerprint density at radius 1 is 1.16 bits per heavy atom. The number of amides is 1. The van der Waals surface area contributed by atoms with Crippen LogP contribution in [-0.4, -0.2) is 60.8 Å². The second-order valence-corrected chi connectivity index (χ2v) is 11.7. The Labute approximate surface area is 223 Å². The summed E-state index contributed by atoms with van der Waals surface area (Å²) in [6, 6.07) is 10.2. The molecule has 2 aromatic rings. The first-order valence-corrected chi connectivity index (χ1v) is 14.1. The highest BCUT2D eigenvalue weighted by Crippen LogP contribution is 2.40. The molecule has 2 heterocycles. The summed E-state index contributed by atoms with van der Waals surface area (Å²) < 4.78 is 27.7. The van der Waals surface area contributed by atoms with Crippen molar-refractivity contribution in [1.29, 1.82) is 0 Å². The lowest BCUT2D eigenvalue weighted by molar-refractivity contribution is -0.138. The van der Waals surface area contributed by atoms with Crippen LogP contribution in [0, 0.1) is 5.92 Å². The molecule has 1 fully saturated rings. The van der Waals surface area contributed by atoms with Gasteiger partial charge >= 0.3 is 5.97 Å². The molecular weight excluding hydrogens is 566 g/mol. The van der Waals surface area contributed by atoms with Crippen LogP contribution in [0.25, 0.3) is 0 Å². The van der Waals surface area contributed by atoms with Gasteiger partial charge in [0.15, 0.2) is 0 Å². The smallest absolute Gasteiger partial charge is 0.323 e. The van der Waals surface area contributed by atoms with Crippen molar-refractivity contribution in [1.82, 2.24) is 15.0 Å². The third-order valence-corrected chi connectivity index (χ3v) is 9.03. The van der Waals surface area contributed by atoms with E-state index in [9.17, 15) is 23.1 Å². The number of carbonyl (C=O) groups excluding carboxylic acids is 1. The minimum absolute atomic E-state index is 0.103. The number of benzene rings is 1. The van der Waals surface area contributed by atoms with Crippen LogP contribution in [0.2, 0.25) is 0 Å². The van der Waals surface area contributed by atoms with Crippen LogP contribution >= 0.6 is 15.9 Å². The number of halogens is 1. The highest BCUT2D eigenvalue weighted by molar-refractivity contribution is 9.10. The first kappa shape index (κ1) is 27.0. The van der Waals surface area contributed by atoms with Crippen molar-refractivity contribution in [2.24, 2.45) is 11.1 Å². The molecule has 11 nitrogen and oxygen atoms in total. The number of carboxylic acids is 1. The number of aliphatic carboxylic acids is 1. The van der Waals surface area contributed by atoms with Gasteiger partial charge in [0.1, 0.15) is 23.2 Å². The summed E-state index contributed by atoms with van der Waals surface area (Å²) in [4.78, 5) is 34.2. The highest BCUT2D eigenvalue weighted by Gasteiger charge is 2.44. The average Bonchev–Trinajstić information content (AvgIpc) is 3.30. The molecule has 13 heteroatoms. The zero-order valence-electron chi connectivity index (χ0n) is 19.9. The first-order valence-electron chi connectivity index (χ1n) is 11.9. The number of carboxylic acid groups (broad SMARTS) is 1. The van der Waals surface area contributed by atoms with Gasteiger partial charge in [0, 0.05) is 30.2 Å². The molecule has 37 heavy (non-hydrogen) atoms. The molecule has 1 aromatic carbocycles. The zero-order chi connectivity index (χ0) is 26.5. The largest absolute Gasteiger partial charge is 0.480 e. The first-order chi connectivity index (χ1) is 17.7. The Bertz CT molecular complexity index is 1270. The maximum atomic E-state index is 12.7. The zero-order valence-corrected chi connectivity index (χ0v) is 22.3. The predicted molar refractivity (Wildman–Crippen MR) is 139 cm³/mol. The van der Waals surface area contributed by atoms with Gasteiger partial charge in [-0.25, -0.2) is 13.4 Å². The molecule has 4 rings (SSSR count). The monoisotopic (exact) mass is 593 g/mol. The minimum Gasteiger partial charge on any atom is -0.480 e. The number of nitrogens with one attached hydrogen (secondary N) is 3. The summed E-state index contributed by atoms with van der Waals surface area (Å²) in [5.41, 5.74) is -0.371. The fourth-order valence-corrected chi connectivity index (χ4v) is 6.62. The van der Waals surface area contributed by atoms with Crippen LogP contribution in [0.3, 0.4) is 0 Å². The number of anilines is 1. The molecule has 0 radical (unpaired) electrons. The summed E-state index contributed by atoms with van der Waals surface area (Å²) in [6.45, 7) is 0.346. The molecule has 0 saturated heterocycles. The van der Waals surface area contributed by atoms with Gasteiger partial charge in [-0.3, -0.25) is 9.59 Å². The van der Waals surface area contributed by atoms with E-state index in [1.165, 1.54) is 18.2 Å². The molecule has 1 amide bonds. The second-order valence-electron chi connectivity index (χ2n) is 9.18. The van der Waals surface area contributed by atoms with Crippen LogP contribution in [0.4, 0.5) is 5.82 Å². The number of hydrogen-bond donors (Lipinski definition) is 4. The number of pyridine rings is 1. The molecule has 2 aliphatic rings. The predicted octanol–water partition coefficient (Wildman–Crippen LogP) is 2.51. The molecule has 1 aliphatic heterocycles. The van der Waals surface area contributed by atoms with Crippen LogP contribution in [-0.2, 0) is 24.4 Å². The molecule has 198 valence electrons. The van der Waals surface area contributed by atoms with Crippen molar-refractivity contribution < 1.29 is 28.0 Å². The van der Waals surface area contributed by atoms with E-state index >= 15 is 0 Å². The van der Waals surface area contributed by atoms with Crippen LogP contribution in [0.15, 0.2) is 63.2 Å². The number of hydrogen-bond acceptors (Lipinski definition) is 8. The van der Waals surface area contributed by atoms with Crippen molar-refractivity contribution in [3.63, 3.8) is 0 Å². The molecule has 1 spiro atoms. The van der Waals surface area contributed by atoms with E-state index in [0.29, 0.717) is 16.8 Å². The fourth-order valence-electron chi connectivity index (χ4n) is 4.43. The summed E-state index contributed by atoms with van der Waals surface area (Å²) in [6.07, 6.45) is 5.35. The SMILES string of the molecule is O=C(NC[C@H](NS(=O)(=O)c1ccccc1Br)C(=O)O)C1=NOC2(CCC(CNc3ccccn3)CC2)C1. The Hall–Kier alpha value is -3.03. The fraction of sp³-hybridized carbons (Fsp3) is 0.417. The number of aromatic nitrogens is 1. The molecular formula is C24H28BrN5O6S. The van der Waals surface area contributed by atoms with Crippen molar-refractivity contribution in [3.8, 4) is 0 Å². The summed E-state index contributed by atoms with van der Waals surface area (Å²) in [7, 11) is -4.15. The normalized spacial score (nSPS) is 22.1. The molecule has 4 N–H and O–H groups in total. The summed E-state index contributed by atoms with van der Waals surface area (Å²) in [5.74, 6) is -0.722. The van der Waals surface area contributed by atoms with E-state index in [4.69, 9.17) is 4.84 Å². The average molecular weight is 594 g/mol. The Morgan fingerprint density at radius 3 is 2.57 bits per heavy atom. The van der Waals surface area contributed by atoms with Gasteiger partial charge in [0.05, 0.1) is 4.90 Å².